The number of amides is 1. The van der Waals surface area contributed by atoms with Crippen LogP contribution in [0.4, 0.5) is 0 Å². The molecular formula is C21H23ClN2O. The Morgan fingerprint density at radius 2 is 1.68 bits per heavy atom. The molecule has 1 saturated heterocycles. The summed E-state index contributed by atoms with van der Waals surface area (Å²) in [5.74, 6) is 1.06. The second-order valence-electron chi connectivity index (χ2n) is 7.12. The van der Waals surface area contributed by atoms with Crippen LogP contribution in [-0.2, 0) is 0 Å². The number of carbonyl (C=O) groups excluding carboxylic acids is 1. The van der Waals surface area contributed by atoms with Crippen molar-refractivity contribution < 1.29 is 4.79 Å². The van der Waals surface area contributed by atoms with Gasteiger partial charge in [0.2, 0.25) is 0 Å². The number of rotatable bonds is 4. The monoisotopic (exact) mass is 354 g/mol. The number of hydrogen-bond donors (Lipinski definition) is 0. The molecule has 2 aliphatic rings. The maximum atomic E-state index is 12.9. The summed E-state index contributed by atoms with van der Waals surface area (Å²) in [6.07, 6.45) is 2.77. The molecule has 2 fully saturated rings. The molecule has 1 saturated carbocycles. The third-order valence-corrected chi connectivity index (χ3v) is 5.41. The van der Waals surface area contributed by atoms with E-state index in [4.69, 9.17) is 11.6 Å². The predicted octanol–water partition coefficient (Wildman–Crippen LogP) is 4.17. The van der Waals surface area contributed by atoms with Crippen LogP contribution in [0.5, 0.6) is 0 Å². The second kappa shape index (κ2) is 7.19. The van der Waals surface area contributed by atoms with Crippen LogP contribution in [0, 0.1) is 5.92 Å². The normalized spacial score (nSPS) is 18.4. The van der Waals surface area contributed by atoms with Crippen molar-refractivity contribution in [2.45, 2.75) is 12.8 Å². The van der Waals surface area contributed by atoms with Crippen LogP contribution in [0.15, 0.2) is 48.5 Å². The van der Waals surface area contributed by atoms with E-state index < -0.39 is 0 Å². The van der Waals surface area contributed by atoms with Gasteiger partial charge in [0, 0.05) is 43.3 Å². The second-order valence-corrected chi connectivity index (χ2v) is 7.56. The number of carbonyl (C=O) groups is 1. The zero-order valence-corrected chi connectivity index (χ0v) is 15.1. The first kappa shape index (κ1) is 16.6. The van der Waals surface area contributed by atoms with Crippen LogP contribution in [-0.4, -0.2) is 48.4 Å². The van der Waals surface area contributed by atoms with Gasteiger partial charge in [-0.15, -0.1) is 0 Å². The molecule has 3 nitrogen and oxygen atoms in total. The van der Waals surface area contributed by atoms with Crippen molar-refractivity contribution in [1.29, 1.82) is 0 Å². The van der Waals surface area contributed by atoms with Gasteiger partial charge in [0.05, 0.1) is 0 Å². The molecule has 0 unspecified atom stereocenters. The van der Waals surface area contributed by atoms with Crippen molar-refractivity contribution in [3.05, 3.63) is 59.1 Å². The van der Waals surface area contributed by atoms with Crippen LogP contribution in [0.2, 0.25) is 5.02 Å². The summed E-state index contributed by atoms with van der Waals surface area (Å²) in [4.78, 5) is 17.4. The number of hydrogen-bond acceptors (Lipinski definition) is 2. The predicted molar refractivity (Wildman–Crippen MR) is 102 cm³/mol. The standard InChI is InChI=1S/C21H23ClN2O/c22-20-8-6-17(7-9-20)18-2-1-3-19(14-18)21(25)24-12-10-23(11-13-24)15-16-4-5-16/h1-3,6-9,14,16H,4-5,10-13,15H2. The molecule has 0 radical (unpaired) electrons. The Morgan fingerprint density at radius 3 is 2.36 bits per heavy atom. The van der Waals surface area contributed by atoms with E-state index in [2.05, 4.69) is 4.90 Å². The van der Waals surface area contributed by atoms with E-state index in [1.54, 1.807) is 0 Å². The fraction of sp³-hybridized carbons (Fsp3) is 0.381. The molecule has 2 aromatic carbocycles. The number of halogens is 1. The first-order valence-corrected chi connectivity index (χ1v) is 9.44. The van der Waals surface area contributed by atoms with Gasteiger partial charge in [-0.3, -0.25) is 9.69 Å². The zero-order valence-electron chi connectivity index (χ0n) is 14.3. The van der Waals surface area contributed by atoms with Gasteiger partial charge < -0.3 is 4.90 Å². The molecule has 1 aliphatic carbocycles. The summed E-state index contributed by atoms with van der Waals surface area (Å²) in [6, 6.07) is 15.6. The minimum Gasteiger partial charge on any atom is -0.336 e. The first-order chi connectivity index (χ1) is 12.2. The van der Waals surface area contributed by atoms with Crippen LogP contribution in [0.25, 0.3) is 11.1 Å². The Morgan fingerprint density at radius 1 is 0.960 bits per heavy atom. The third kappa shape index (κ3) is 4.05. The zero-order chi connectivity index (χ0) is 17.2. The molecule has 1 aliphatic heterocycles. The van der Waals surface area contributed by atoms with E-state index in [0.29, 0.717) is 0 Å². The average Bonchev–Trinajstić information content (AvgIpc) is 3.46. The number of piperazine rings is 1. The highest BCUT2D eigenvalue weighted by Gasteiger charge is 2.27. The SMILES string of the molecule is O=C(c1cccc(-c2ccc(Cl)cc2)c1)N1CCN(CC2CC2)CC1. The summed E-state index contributed by atoms with van der Waals surface area (Å²) in [7, 11) is 0. The molecule has 1 amide bonds. The molecule has 0 N–H and O–H groups in total. The maximum absolute atomic E-state index is 12.9. The lowest BCUT2D eigenvalue weighted by Crippen LogP contribution is -2.49. The van der Waals surface area contributed by atoms with Gasteiger partial charge in [-0.25, -0.2) is 0 Å². The smallest absolute Gasteiger partial charge is 0.253 e. The first-order valence-electron chi connectivity index (χ1n) is 9.07. The van der Waals surface area contributed by atoms with Crippen LogP contribution >= 0.6 is 11.6 Å². The van der Waals surface area contributed by atoms with Crippen molar-refractivity contribution >= 4 is 17.5 Å². The summed E-state index contributed by atoms with van der Waals surface area (Å²) in [6.45, 7) is 4.87. The molecule has 0 spiro atoms. The fourth-order valence-electron chi connectivity index (χ4n) is 3.46. The Bertz CT molecular complexity index is 747. The van der Waals surface area contributed by atoms with E-state index in [1.807, 2.05) is 53.4 Å². The molecular weight excluding hydrogens is 332 g/mol. The lowest BCUT2D eigenvalue weighted by molar-refractivity contribution is 0.0632. The molecule has 4 rings (SSSR count). The van der Waals surface area contributed by atoms with Crippen LogP contribution < -0.4 is 0 Å². The van der Waals surface area contributed by atoms with Gasteiger partial charge in [0.15, 0.2) is 0 Å². The molecule has 1 heterocycles. The highest BCUT2D eigenvalue weighted by Crippen LogP contribution is 2.30. The maximum Gasteiger partial charge on any atom is 0.253 e. The molecule has 0 bridgehead atoms. The lowest BCUT2D eigenvalue weighted by Gasteiger charge is -2.34. The lowest BCUT2D eigenvalue weighted by atomic mass is 10.0. The summed E-state index contributed by atoms with van der Waals surface area (Å²) in [5, 5.41) is 0.722. The molecule has 4 heteroatoms. The number of nitrogens with zero attached hydrogens (tertiary/aromatic N) is 2. The van der Waals surface area contributed by atoms with Crippen molar-refractivity contribution in [1.82, 2.24) is 9.80 Å². The fourth-order valence-corrected chi connectivity index (χ4v) is 3.58. The third-order valence-electron chi connectivity index (χ3n) is 5.16. The minimum absolute atomic E-state index is 0.141. The van der Waals surface area contributed by atoms with Crippen molar-refractivity contribution in [3.8, 4) is 11.1 Å². The van der Waals surface area contributed by atoms with Gasteiger partial charge in [-0.2, -0.15) is 0 Å². The topological polar surface area (TPSA) is 23.6 Å². The van der Waals surface area contributed by atoms with Crippen molar-refractivity contribution in [2.75, 3.05) is 32.7 Å². The van der Waals surface area contributed by atoms with E-state index in [-0.39, 0.29) is 5.91 Å². The average molecular weight is 355 g/mol. The van der Waals surface area contributed by atoms with Crippen molar-refractivity contribution in [3.63, 3.8) is 0 Å². The van der Waals surface area contributed by atoms with E-state index in [0.717, 1.165) is 53.8 Å². The molecule has 2 aromatic rings. The molecule has 0 atom stereocenters. The molecule has 0 aromatic heterocycles. The van der Waals surface area contributed by atoms with E-state index in [9.17, 15) is 4.79 Å². The Balaban J connectivity index is 1.43. The highest BCUT2D eigenvalue weighted by atomic mass is 35.5. The van der Waals surface area contributed by atoms with Gasteiger partial charge in [-0.05, 0) is 54.2 Å². The quantitative estimate of drug-likeness (QED) is 0.822. The Hall–Kier alpha value is -1.84. The highest BCUT2D eigenvalue weighted by molar-refractivity contribution is 6.30. The summed E-state index contributed by atoms with van der Waals surface area (Å²) in [5.41, 5.74) is 2.89. The van der Waals surface area contributed by atoms with Gasteiger partial charge in [0.25, 0.3) is 5.91 Å². The van der Waals surface area contributed by atoms with Gasteiger partial charge in [0.1, 0.15) is 0 Å². The molecule has 25 heavy (non-hydrogen) atoms. The Labute approximate surface area is 154 Å². The van der Waals surface area contributed by atoms with Crippen LogP contribution in [0.1, 0.15) is 23.2 Å². The van der Waals surface area contributed by atoms with Gasteiger partial charge >= 0.3 is 0 Å². The summed E-state index contributed by atoms with van der Waals surface area (Å²) < 4.78 is 0. The Kier molecular flexibility index (Phi) is 4.78. The largest absolute Gasteiger partial charge is 0.336 e. The van der Waals surface area contributed by atoms with Gasteiger partial charge in [-0.1, -0.05) is 35.9 Å². The minimum atomic E-state index is 0.141. The van der Waals surface area contributed by atoms with E-state index >= 15 is 0 Å². The van der Waals surface area contributed by atoms with E-state index in [1.165, 1.54) is 19.4 Å². The van der Waals surface area contributed by atoms with Crippen molar-refractivity contribution in [2.24, 2.45) is 5.92 Å². The molecule has 130 valence electrons. The number of benzene rings is 2. The van der Waals surface area contributed by atoms with Crippen LogP contribution in [0.3, 0.4) is 0 Å². The summed E-state index contributed by atoms with van der Waals surface area (Å²) >= 11 is 5.96.